The monoisotopic (exact) mass is 358 g/mol. The summed E-state index contributed by atoms with van der Waals surface area (Å²) in [7, 11) is 6.00. The van der Waals surface area contributed by atoms with Crippen LogP contribution >= 0.6 is 0 Å². The predicted octanol–water partition coefficient (Wildman–Crippen LogP) is -0.902. The third-order valence-electron chi connectivity index (χ3n) is 4.04. The standard InChI is InChI=1S/C18H22N6.ClH/c1-22(13-15-7-5-4-6-8-15)17-11-9-16(10-12-17)20-21-18-23(2)14-19-24(18)3;/h4-12,14,18H,13H2,1-3H3;1H. The van der Waals surface area contributed by atoms with Gasteiger partial charge >= 0.3 is 6.29 Å². The van der Waals surface area contributed by atoms with E-state index >= 15 is 0 Å². The highest BCUT2D eigenvalue weighted by molar-refractivity contribution is 5.54. The van der Waals surface area contributed by atoms with Gasteiger partial charge in [-0.2, -0.15) is 5.01 Å². The Bertz CT molecular complexity index is 704. The molecule has 6 nitrogen and oxygen atoms in total. The van der Waals surface area contributed by atoms with Crippen molar-refractivity contribution in [1.29, 1.82) is 0 Å². The second-order valence-electron chi connectivity index (χ2n) is 6.00. The number of halogens is 1. The molecule has 1 aliphatic rings. The van der Waals surface area contributed by atoms with Crippen LogP contribution in [0.5, 0.6) is 0 Å². The molecular formula is C18H23ClN6. The highest BCUT2D eigenvalue weighted by atomic mass is 35.5. The zero-order valence-corrected chi connectivity index (χ0v) is 15.4. The van der Waals surface area contributed by atoms with E-state index < -0.39 is 0 Å². The van der Waals surface area contributed by atoms with Crippen LogP contribution in [0.2, 0.25) is 0 Å². The topological polar surface area (TPSA) is 48.0 Å². The van der Waals surface area contributed by atoms with Crippen LogP contribution in [0, 0.1) is 0 Å². The van der Waals surface area contributed by atoms with Gasteiger partial charge in [0.05, 0.1) is 12.7 Å². The molecule has 7 heteroatoms. The first-order valence-electron chi connectivity index (χ1n) is 7.99. The van der Waals surface area contributed by atoms with E-state index in [1.165, 1.54) is 5.56 Å². The van der Waals surface area contributed by atoms with E-state index in [0.717, 1.165) is 22.9 Å². The SMILES string of the molecule is CN(Cc1ccccc1)c1ccc(N=NC2N(C)C=N[NH+]2C)cc1.[Cl-]. The van der Waals surface area contributed by atoms with Crippen LogP contribution in [0.25, 0.3) is 0 Å². The molecule has 0 spiro atoms. The number of quaternary nitrogens is 1. The maximum atomic E-state index is 4.37. The van der Waals surface area contributed by atoms with Crippen LogP contribution in [0.15, 0.2) is 69.9 Å². The van der Waals surface area contributed by atoms with E-state index in [4.69, 9.17) is 0 Å². The Kier molecular flexibility index (Phi) is 6.50. The minimum atomic E-state index is -0.0922. The Morgan fingerprint density at radius 2 is 1.80 bits per heavy atom. The van der Waals surface area contributed by atoms with Gasteiger partial charge in [-0.15, -0.1) is 10.2 Å². The molecule has 0 aliphatic carbocycles. The van der Waals surface area contributed by atoms with E-state index in [1.807, 2.05) is 37.2 Å². The summed E-state index contributed by atoms with van der Waals surface area (Å²) in [5.41, 5.74) is 3.29. The smallest absolute Gasteiger partial charge is 0.305 e. The van der Waals surface area contributed by atoms with Crippen LogP contribution in [0.4, 0.5) is 11.4 Å². The van der Waals surface area contributed by atoms with Crippen LogP contribution in [0.3, 0.4) is 0 Å². The summed E-state index contributed by atoms with van der Waals surface area (Å²) in [6.45, 7) is 0.875. The fraction of sp³-hybridized carbons (Fsp3) is 0.278. The number of azo groups is 1. The number of nitrogens with zero attached hydrogens (tertiary/aromatic N) is 5. The van der Waals surface area contributed by atoms with E-state index in [0.29, 0.717) is 0 Å². The molecule has 0 aromatic heterocycles. The van der Waals surface area contributed by atoms with Gasteiger partial charge in [0, 0.05) is 26.3 Å². The number of rotatable bonds is 5. The molecule has 2 unspecified atom stereocenters. The summed E-state index contributed by atoms with van der Waals surface area (Å²) in [5.74, 6) is 0. The Balaban J connectivity index is 0.00000225. The summed E-state index contributed by atoms with van der Waals surface area (Å²) in [6, 6.07) is 18.6. The van der Waals surface area contributed by atoms with E-state index in [2.05, 4.69) is 63.7 Å². The van der Waals surface area contributed by atoms with Gasteiger partial charge in [0.15, 0.2) is 6.34 Å². The molecule has 2 aromatic carbocycles. The average Bonchev–Trinajstić information content (AvgIpc) is 2.92. The van der Waals surface area contributed by atoms with Gasteiger partial charge in [-0.3, -0.25) is 4.90 Å². The summed E-state index contributed by atoms with van der Waals surface area (Å²) in [5, 5.41) is 13.9. The normalized spacial score (nSPS) is 19.2. The second kappa shape index (κ2) is 8.60. The molecule has 1 aliphatic heterocycles. The Morgan fingerprint density at radius 1 is 1.12 bits per heavy atom. The summed E-state index contributed by atoms with van der Waals surface area (Å²) in [4.78, 5) is 4.16. The van der Waals surface area contributed by atoms with Gasteiger partial charge in [-0.1, -0.05) is 35.4 Å². The molecule has 25 heavy (non-hydrogen) atoms. The van der Waals surface area contributed by atoms with Gasteiger partial charge in [-0.05, 0) is 29.8 Å². The molecular weight excluding hydrogens is 336 g/mol. The first-order valence-corrected chi connectivity index (χ1v) is 7.99. The molecule has 2 atom stereocenters. The molecule has 0 saturated carbocycles. The largest absolute Gasteiger partial charge is 1.00 e. The number of nitrogens with one attached hydrogen (secondary N) is 1. The van der Waals surface area contributed by atoms with Crippen molar-refractivity contribution in [3.8, 4) is 0 Å². The van der Waals surface area contributed by atoms with Gasteiger partial charge in [-0.25, -0.2) is 0 Å². The van der Waals surface area contributed by atoms with Crippen molar-refractivity contribution >= 4 is 17.7 Å². The second-order valence-corrected chi connectivity index (χ2v) is 6.00. The Morgan fingerprint density at radius 3 is 2.40 bits per heavy atom. The first kappa shape index (κ1) is 18.9. The van der Waals surface area contributed by atoms with Crippen molar-refractivity contribution in [2.45, 2.75) is 12.8 Å². The summed E-state index contributed by atoms with van der Waals surface area (Å²) < 4.78 is 0. The van der Waals surface area contributed by atoms with Gasteiger partial charge in [0.25, 0.3) is 0 Å². The third-order valence-corrected chi connectivity index (χ3v) is 4.04. The van der Waals surface area contributed by atoms with E-state index in [1.54, 1.807) is 6.34 Å². The zero-order valence-electron chi connectivity index (χ0n) is 14.7. The van der Waals surface area contributed by atoms with Crippen LogP contribution in [-0.4, -0.2) is 38.7 Å². The van der Waals surface area contributed by atoms with Crippen molar-refractivity contribution in [3.05, 3.63) is 60.2 Å². The molecule has 0 amide bonds. The first-order chi connectivity index (χ1) is 11.6. The fourth-order valence-electron chi connectivity index (χ4n) is 2.62. The maximum Gasteiger partial charge on any atom is 0.305 e. The minimum Gasteiger partial charge on any atom is -1.00 e. The molecule has 1 heterocycles. The van der Waals surface area contributed by atoms with Crippen LogP contribution in [-0.2, 0) is 6.54 Å². The van der Waals surface area contributed by atoms with Gasteiger partial charge < -0.3 is 17.3 Å². The third kappa shape index (κ3) is 4.78. The Labute approximate surface area is 154 Å². The van der Waals surface area contributed by atoms with Gasteiger partial charge in [0.2, 0.25) is 0 Å². The minimum absolute atomic E-state index is 0. The molecule has 1 N–H and O–H groups in total. The van der Waals surface area contributed by atoms with Crippen LogP contribution in [0.1, 0.15) is 5.56 Å². The average molecular weight is 359 g/mol. The van der Waals surface area contributed by atoms with E-state index in [9.17, 15) is 0 Å². The highest BCUT2D eigenvalue weighted by Gasteiger charge is 2.26. The predicted molar refractivity (Wildman–Crippen MR) is 96.4 cm³/mol. The summed E-state index contributed by atoms with van der Waals surface area (Å²) in [6.07, 6.45) is 1.69. The zero-order chi connectivity index (χ0) is 16.9. The molecule has 132 valence electrons. The van der Waals surface area contributed by atoms with Gasteiger partial charge in [0.1, 0.15) is 0 Å². The molecule has 0 bridgehead atoms. The number of hydrogen-bond acceptors (Lipinski definition) is 5. The van der Waals surface area contributed by atoms with Crippen molar-refractivity contribution in [1.82, 2.24) is 4.90 Å². The Hall–Kier alpha value is -2.44. The summed E-state index contributed by atoms with van der Waals surface area (Å²) >= 11 is 0. The number of anilines is 1. The lowest BCUT2D eigenvalue weighted by Gasteiger charge is -2.19. The van der Waals surface area contributed by atoms with Crippen molar-refractivity contribution < 1.29 is 17.4 Å². The lowest BCUT2D eigenvalue weighted by molar-refractivity contribution is -0.914. The molecule has 0 saturated heterocycles. The van der Waals surface area contributed by atoms with Crippen molar-refractivity contribution in [2.75, 3.05) is 26.0 Å². The maximum absolute atomic E-state index is 4.37. The number of benzene rings is 2. The molecule has 0 radical (unpaired) electrons. The fourth-order valence-corrected chi connectivity index (χ4v) is 2.62. The van der Waals surface area contributed by atoms with Crippen molar-refractivity contribution in [2.24, 2.45) is 15.3 Å². The molecule has 2 aromatic rings. The lowest BCUT2D eigenvalue weighted by Crippen LogP contribution is -3.07. The lowest BCUT2D eigenvalue weighted by atomic mass is 10.2. The quantitative estimate of drug-likeness (QED) is 0.704. The molecule has 0 fully saturated rings. The van der Waals surface area contributed by atoms with Crippen molar-refractivity contribution in [3.63, 3.8) is 0 Å². The van der Waals surface area contributed by atoms with Crippen LogP contribution < -0.4 is 22.3 Å². The number of hydrogen-bond donors (Lipinski definition) is 1. The highest BCUT2D eigenvalue weighted by Crippen LogP contribution is 2.21. The molecule has 3 rings (SSSR count). The van der Waals surface area contributed by atoms with E-state index in [-0.39, 0.29) is 18.7 Å².